The molecule has 0 aliphatic heterocycles. The Labute approximate surface area is 316 Å². The largest absolute Gasteiger partial charge is 0.510 e. The van der Waals surface area contributed by atoms with Crippen LogP contribution in [-0.4, -0.2) is 54.7 Å². The monoisotopic (exact) mass is 792 g/mol. The van der Waals surface area contributed by atoms with Crippen LogP contribution in [0, 0.1) is 0 Å². The van der Waals surface area contributed by atoms with Crippen molar-refractivity contribution in [3.05, 3.63) is 111 Å². The first-order valence-electron chi connectivity index (χ1n) is 16.2. The number of carbonyl (C=O) groups is 2. The fourth-order valence-electron chi connectivity index (χ4n) is 4.56. The van der Waals surface area contributed by atoms with E-state index < -0.39 is 52.0 Å². The minimum Gasteiger partial charge on any atom is -0.508 e. The fraction of sp³-hybridized carbons (Fsp3) is 0.297. The number of halogens is 2. The van der Waals surface area contributed by atoms with Crippen LogP contribution in [0.1, 0.15) is 49.9 Å². The molecule has 0 aliphatic rings. The Kier molecular flexibility index (Phi) is 15.1. The van der Waals surface area contributed by atoms with Crippen molar-refractivity contribution in [1.82, 2.24) is 0 Å². The van der Waals surface area contributed by atoms with Crippen molar-refractivity contribution >= 4 is 43.1 Å². The first-order valence-corrected chi connectivity index (χ1v) is 18.7. The molecule has 0 radical (unpaired) electrons. The minimum absolute atomic E-state index is 0.0161. The van der Waals surface area contributed by atoms with Crippen LogP contribution in [0.4, 0.5) is 9.59 Å². The Balaban J connectivity index is 1.43. The quantitative estimate of drug-likeness (QED) is 0.0590. The molecule has 53 heavy (non-hydrogen) atoms. The summed E-state index contributed by atoms with van der Waals surface area (Å²) in [5, 5.41) is 21.1. The molecule has 4 aromatic carbocycles. The van der Waals surface area contributed by atoms with Crippen LogP contribution in [0.15, 0.2) is 78.9 Å². The Morgan fingerprint density at radius 2 is 1.21 bits per heavy atom. The zero-order valence-electron chi connectivity index (χ0n) is 29.3. The number of hydrogen-bond donors (Lipinski definition) is 2. The highest BCUT2D eigenvalue weighted by Gasteiger charge is 2.29. The summed E-state index contributed by atoms with van der Waals surface area (Å²) in [6, 6.07) is 22.4. The van der Waals surface area contributed by atoms with Gasteiger partial charge in [-0.2, -0.15) is 0 Å². The maximum Gasteiger partial charge on any atom is 0.510 e. The molecule has 0 atom stereocenters. The molecule has 0 spiro atoms. The summed E-state index contributed by atoms with van der Waals surface area (Å²) in [7, 11) is -4.27. The molecule has 2 N–H and O–H groups in total. The molecule has 0 aliphatic carbocycles. The van der Waals surface area contributed by atoms with Crippen molar-refractivity contribution in [2.45, 2.75) is 52.7 Å². The van der Waals surface area contributed by atoms with Gasteiger partial charge in [-0.3, -0.25) is 13.6 Å². The van der Waals surface area contributed by atoms with Crippen LogP contribution in [0.5, 0.6) is 28.7 Å². The third-order valence-corrected chi connectivity index (χ3v) is 8.93. The topological polar surface area (TPSA) is 166 Å². The highest BCUT2D eigenvalue weighted by Crippen LogP contribution is 2.49. The van der Waals surface area contributed by atoms with E-state index in [1.165, 1.54) is 24.3 Å². The predicted molar refractivity (Wildman–Crippen MR) is 195 cm³/mol. The van der Waals surface area contributed by atoms with Crippen molar-refractivity contribution in [3.63, 3.8) is 0 Å². The summed E-state index contributed by atoms with van der Waals surface area (Å²) >= 11 is 13.0. The second-order valence-corrected chi connectivity index (χ2v) is 14.7. The highest BCUT2D eigenvalue weighted by atomic mass is 35.5. The Morgan fingerprint density at radius 3 is 1.77 bits per heavy atom. The molecule has 0 fully saturated rings. The lowest BCUT2D eigenvalue weighted by molar-refractivity contribution is -0.0321. The van der Waals surface area contributed by atoms with Crippen molar-refractivity contribution in [2.24, 2.45) is 0 Å². The van der Waals surface area contributed by atoms with Gasteiger partial charge in [0.25, 0.3) is 0 Å². The maximum atomic E-state index is 13.4. The molecule has 13 nitrogen and oxygen atoms in total. The lowest BCUT2D eigenvalue weighted by Crippen LogP contribution is -2.17. The molecule has 0 amide bonds. The molecule has 284 valence electrons. The second kappa shape index (κ2) is 19.4. The number of rotatable bonds is 17. The first-order chi connectivity index (χ1) is 25.2. The third kappa shape index (κ3) is 13.4. The van der Waals surface area contributed by atoms with Gasteiger partial charge in [-0.1, -0.05) is 65.7 Å². The second-order valence-electron chi connectivity index (χ2n) is 11.9. The molecular formula is C37H39Cl2O13P. The zero-order chi connectivity index (χ0) is 38.5. The van der Waals surface area contributed by atoms with Gasteiger partial charge in [0.05, 0.1) is 22.3 Å². The van der Waals surface area contributed by atoms with Gasteiger partial charge in [0.15, 0.2) is 12.1 Å². The number of phenolic OH excluding ortho intramolecular Hbond substituents is 2. The number of phenols is 2. The normalized spacial score (nSPS) is 11.3. The minimum atomic E-state index is -4.27. The summed E-state index contributed by atoms with van der Waals surface area (Å²) in [5.41, 5.74) is 3.19. The lowest BCUT2D eigenvalue weighted by Gasteiger charge is -2.19. The van der Waals surface area contributed by atoms with Crippen molar-refractivity contribution in [2.75, 3.05) is 19.9 Å². The molecule has 16 heteroatoms. The van der Waals surface area contributed by atoms with Crippen molar-refractivity contribution < 1.29 is 61.8 Å². The first kappa shape index (κ1) is 41.1. The Morgan fingerprint density at radius 1 is 0.679 bits per heavy atom. The van der Waals surface area contributed by atoms with Crippen LogP contribution in [0.3, 0.4) is 0 Å². The summed E-state index contributed by atoms with van der Waals surface area (Å²) in [6.45, 7) is 4.74. The molecule has 0 heterocycles. The third-order valence-electron chi connectivity index (χ3n) is 6.92. The van der Waals surface area contributed by atoms with E-state index >= 15 is 0 Å². The summed E-state index contributed by atoms with van der Waals surface area (Å²) in [5.74, 6) is 0.627. The summed E-state index contributed by atoms with van der Waals surface area (Å²) < 4.78 is 54.6. The van der Waals surface area contributed by atoms with E-state index in [2.05, 4.69) is 0 Å². The van der Waals surface area contributed by atoms with Crippen LogP contribution < -0.4 is 9.47 Å². The summed E-state index contributed by atoms with van der Waals surface area (Å²) in [6.07, 6.45) is -2.99. The molecule has 4 rings (SSSR count). The van der Waals surface area contributed by atoms with Gasteiger partial charge < -0.3 is 38.6 Å². The van der Waals surface area contributed by atoms with E-state index in [0.717, 1.165) is 16.7 Å². The van der Waals surface area contributed by atoms with Gasteiger partial charge in [-0.15, -0.1) is 0 Å². The molecule has 0 bridgehead atoms. The van der Waals surface area contributed by atoms with Crippen LogP contribution in [0.25, 0.3) is 0 Å². The summed E-state index contributed by atoms with van der Waals surface area (Å²) in [4.78, 5) is 23.5. The zero-order valence-corrected chi connectivity index (χ0v) is 31.7. The Bertz CT molecular complexity index is 1850. The van der Waals surface area contributed by atoms with Crippen LogP contribution >= 0.6 is 30.8 Å². The highest BCUT2D eigenvalue weighted by molar-refractivity contribution is 7.53. The molecule has 4 aromatic rings. The molecule has 0 saturated carbocycles. The van der Waals surface area contributed by atoms with Gasteiger partial charge in [-0.05, 0) is 68.7 Å². The smallest absolute Gasteiger partial charge is 0.508 e. The number of carbonyl (C=O) groups excluding carboxylic acids is 2. The molecular weight excluding hydrogens is 754 g/mol. The van der Waals surface area contributed by atoms with E-state index in [9.17, 15) is 24.4 Å². The standard InChI is InChI=1S/C37H39Cl2O13P/c1-23(2)50-36(42)45-20-48-53(44,49-21-46-37(43)51-24(3)4)22-47-30-18-31(38)35(32(39)19-30)52-29-11-13-34(41)28(17-29)16-26-10-12-33(40)27(15-26)14-25-8-6-5-7-9-25/h5-13,15,17-19,23-24,40-41H,14,16,20-22H2,1-4H3. The van der Waals surface area contributed by atoms with E-state index in [-0.39, 0.29) is 33.0 Å². The van der Waals surface area contributed by atoms with Gasteiger partial charge in [0.2, 0.25) is 13.6 Å². The van der Waals surface area contributed by atoms with Gasteiger partial charge in [0.1, 0.15) is 23.0 Å². The van der Waals surface area contributed by atoms with Gasteiger partial charge >= 0.3 is 19.9 Å². The number of ether oxygens (including phenoxy) is 6. The van der Waals surface area contributed by atoms with E-state index in [1.807, 2.05) is 36.4 Å². The maximum absolute atomic E-state index is 13.4. The van der Waals surface area contributed by atoms with Crippen LogP contribution in [-0.2, 0) is 45.4 Å². The lowest BCUT2D eigenvalue weighted by atomic mass is 9.98. The number of hydrogen-bond acceptors (Lipinski definition) is 13. The van der Waals surface area contributed by atoms with Gasteiger partial charge in [0, 0.05) is 30.5 Å². The number of aromatic hydroxyl groups is 2. The van der Waals surface area contributed by atoms with E-state index in [4.69, 9.17) is 60.7 Å². The molecule has 0 aromatic heterocycles. The average molecular weight is 794 g/mol. The van der Waals surface area contributed by atoms with E-state index in [0.29, 0.717) is 24.2 Å². The van der Waals surface area contributed by atoms with Gasteiger partial charge in [-0.25, -0.2) is 9.59 Å². The molecule has 0 unspecified atom stereocenters. The molecule has 0 saturated heterocycles. The van der Waals surface area contributed by atoms with Crippen molar-refractivity contribution in [3.8, 4) is 28.7 Å². The van der Waals surface area contributed by atoms with Crippen molar-refractivity contribution in [1.29, 1.82) is 0 Å². The Hall–Kier alpha value is -4.65. The SMILES string of the molecule is CC(C)OC(=O)OCOP(=O)(COc1cc(Cl)c(Oc2ccc(O)c(Cc3ccc(O)c(Cc4ccccc4)c3)c2)c(Cl)c1)OCOC(=O)OC(C)C. The predicted octanol–water partition coefficient (Wildman–Crippen LogP) is 9.98. The van der Waals surface area contributed by atoms with Crippen LogP contribution in [0.2, 0.25) is 10.0 Å². The fourth-order valence-corrected chi connectivity index (χ4v) is 6.06. The van der Waals surface area contributed by atoms with E-state index in [1.54, 1.807) is 45.9 Å². The number of benzene rings is 4. The average Bonchev–Trinajstić information content (AvgIpc) is 3.08.